The van der Waals surface area contributed by atoms with Gasteiger partial charge in [0.2, 0.25) is 10.0 Å². The number of aromatic nitrogens is 1. The maximum Gasteiger partial charge on any atom is 0.243 e. The Morgan fingerprint density at radius 1 is 1.12 bits per heavy atom. The molecule has 1 heterocycles. The minimum Gasteiger partial charge on any atom is -0.241 e. The first-order valence-electron chi connectivity index (χ1n) is 7.33. The van der Waals surface area contributed by atoms with Gasteiger partial charge in [0.1, 0.15) is 21.5 Å². The highest BCUT2D eigenvalue weighted by Gasteiger charge is 2.21. The van der Waals surface area contributed by atoms with Crippen LogP contribution < -0.4 is 4.72 Å². The van der Waals surface area contributed by atoms with Gasteiger partial charge in [-0.15, -0.1) is 11.3 Å². The van der Waals surface area contributed by atoms with E-state index >= 15 is 0 Å². The van der Waals surface area contributed by atoms with Gasteiger partial charge in [0.05, 0.1) is 5.69 Å². The minimum absolute atomic E-state index is 0.0470. The van der Waals surface area contributed by atoms with E-state index in [4.69, 9.17) is 0 Å². The zero-order chi connectivity index (χ0) is 18.0. The molecule has 4 nitrogen and oxygen atoms in total. The van der Waals surface area contributed by atoms with Crippen LogP contribution in [0.2, 0.25) is 0 Å². The summed E-state index contributed by atoms with van der Waals surface area (Å²) in [6.07, 6.45) is 0. The van der Waals surface area contributed by atoms with Gasteiger partial charge < -0.3 is 0 Å². The molecule has 0 aliphatic rings. The van der Waals surface area contributed by atoms with Crippen LogP contribution in [0.4, 0.5) is 8.78 Å². The highest BCUT2D eigenvalue weighted by Crippen LogP contribution is 2.28. The molecule has 0 radical (unpaired) electrons. The van der Waals surface area contributed by atoms with Gasteiger partial charge in [0.15, 0.2) is 0 Å². The van der Waals surface area contributed by atoms with Crippen molar-refractivity contribution in [3.63, 3.8) is 0 Å². The van der Waals surface area contributed by atoms with E-state index in [0.717, 1.165) is 22.7 Å². The third-order valence-electron chi connectivity index (χ3n) is 3.52. The summed E-state index contributed by atoms with van der Waals surface area (Å²) in [6, 6.07) is 11.8. The molecule has 0 saturated carbocycles. The molecule has 0 unspecified atom stereocenters. The smallest absolute Gasteiger partial charge is 0.241 e. The van der Waals surface area contributed by atoms with Crippen molar-refractivity contribution >= 4 is 21.4 Å². The Balaban J connectivity index is 1.82. The summed E-state index contributed by atoms with van der Waals surface area (Å²) in [4.78, 5) is 4.43. The second kappa shape index (κ2) is 6.99. The van der Waals surface area contributed by atoms with Gasteiger partial charge in [-0.25, -0.2) is 26.9 Å². The first kappa shape index (κ1) is 17.7. The molecule has 1 aromatic heterocycles. The highest BCUT2D eigenvalue weighted by molar-refractivity contribution is 7.89. The number of hydrogen-bond donors (Lipinski definition) is 1. The van der Waals surface area contributed by atoms with Crippen molar-refractivity contribution in [1.82, 2.24) is 9.71 Å². The predicted octanol–water partition coefficient (Wildman–Crippen LogP) is 3.88. The van der Waals surface area contributed by atoms with Gasteiger partial charge in [-0.05, 0) is 25.1 Å². The third kappa shape index (κ3) is 3.92. The van der Waals surface area contributed by atoms with E-state index in [1.54, 1.807) is 6.92 Å². The van der Waals surface area contributed by atoms with E-state index in [0.29, 0.717) is 16.6 Å². The lowest BCUT2D eigenvalue weighted by molar-refractivity contribution is 0.546. The Morgan fingerprint density at radius 3 is 2.56 bits per heavy atom. The summed E-state index contributed by atoms with van der Waals surface area (Å²) in [7, 11) is -4.17. The molecule has 25 heavy (non-hydrogen) atoms. The Hall–Kier alpha value is -2.16. The molecule has 0 fully saturated rings. The molecular weight excluding hydrogens is 366 g/mol. The highest BCUT2D eigenvalue weighted by atomic mass is 32.2. The molecule has 3 aromatic rings. The SMILES string of the molecule is Cc1nc(-c2ccccc2)sc1CNS(=O)(=O)c1cc(F)ccc1F. The zero-order valence-electron chi connectivity index (χ0n) is 13.2. The zero-order valence-corrected chi connectivity index (χ0v) is 14.8. The van der Waals surface area contributed by atoms with Crippen molar-refractivity contribution in [2.45, 2.75) is 18.4 Å². The topological polar surface area (TPSA) is 59.1 Å². The lowest BCUT2D eigenvalue weighted by Gasteiger charge is -2.07. The number of sulfonamides is 1. The lowest BCUT2D eigenvalue weighted by Crippen LogP contribution is -2.24. The summed E-state index contributed by atoms with van der Waals surface area (Å²) in [5.41, 5.74) is 1.62. The molecule has 0 bridgehead atoms. The van der Waals surface area contributed by atoms with Crippen LogP contribution >= 0.6 is 11.3 Å². The Labute approximate surface area is 148 Å². The minimum atomic E-state index is -4.17. The number of aryl methyl sites for hydroxylation is 1. The summed E-state index contributed by atoms with van der Waals surface area (Å²) in [5, 5.41) is 0.768. The molecule has 130 valence electrons. The molecule has 0 atom stereocenters. The van der Waals surface area contributed by atoms with Crippen LogP contribution in [0.25, 0.3) is 10.6 Å². The largest absolute Gasteiger partial charge is 0.243 e. The maximum absolute atomic E-state index is 13.7. The molecule has 8 heteroatoms. The number of nitrogens with zero attached hydrogens (tertiary/aromatic N) is 1. The van der Waals surface area contributed by atoms with Crippen LogP contribution in [-0.4, -0.2) is 13.4 Å². The van der Waals surface area contributed by atoms with Crippen LogP contribution in [0.15, 0.2) is 53.4 Å². The molecule has 0 amide bonds. The van der Waals surface area contributed by atoms with Gasteiger partial charge in [0.25, 0.3) is 0 Å². The molecule has 1 N–H and O–H groups in total. The van der Waals surface area contributed by atoms with Crippen molar-refractivity contribution in [3.05, 3.63) is 70.7 Å². The first-order chi connectivity index (χ1) is 11.9. The number of hydrogen-bond acceptors (Lipinski definition) is 4. The predicted molar refractivity (Wildman–Crippen MR) is 92.7 cm³/mol. The number of benzene rings is 2. The fourth-order valence-electron chi connectivity index (χ4n) is 2.22. The van der Waals surface area contributed by atoms with Crippen molar-refractivity contribution in [1.29, 1.82) is 0 Å². The fraction of sp³-hybridized carbons (Fsp3) is 0.118. The first-order valence-corrected chi connectivity index (χ1v) is 9.63. The number of thiazole rings is 1. The molecule has 0 saturated heterocycles. The van der Waals surface area contributed by atoms with Gasteiger partial charge >= 0.3 is 0 Å². The maximum atomic E-state index is 13.7. The molecule has 3 rings (SSSR count). The fourth-order valence-corrected chi connectivity index (χ4v) is 4.40. The van der Waals surface area contributed by atoms with Gasteiger partial charge in [0, 0.05) is 17.0 Å². The van der Waals surface area contributed by atoms with E-state index in [-0.39, 0.29) is 6.54 Å². The summed E-state index contributed by atoms with van der Waals surface area (Å²) >= 11 is 1.35. The molecular formula is C17H14F2N2O2S2. The van der Waals surface area contributed by atoms with E-state index in [9.17, 15) is 17.2 Å². The van der Waals surface area contributed by atoms with E-state index in [1.165, 1.54) is 11.3 Å². The van der Waals surface area contributed by atoms with E-state index < -0.39 is 26.6 Å². The summed E-state index contributed by atoms with van der Waals surface area (Å²) < 4.78 is 53.7. The van der Waals surface area contributed by atoms with Gasteiger partial charge in [-0.1, -0.05) is 30.3 Å². The van der Waals surface area contributed by atoms with E-state index in [1.807, 2.05) is 30.3 Å². The van der Waals surface area contributed by atoms with Crippen LogP contribution in [0.3, 0.4) is 0 Å². The second-order valence-corrected chi connectivity index (χ2v) is 8.11. The monoisotopic (exact) mass is 380 g/mol. The number of rotatable bonds is 5. The van der Waals surface area contributed by atoms with Crippen LogP contribution in [0.5, 0.6) is 0 Å². The normalized spacial score (nSPS) is 11.6. The average molecular weight is 380 g/mol. The van der Waals surface area contributed by atoms with Crippen LogP contribution in [-0.2, 0) is 16.6 Å². The third-order valence-corrected chi connectivity index (χ3v) is 6.14. The quantitative estimate of drug-likeness (QED) is 0.731. The van der Waals surface area contributed by atoms with Crippen molar-refractivity contribution < 1.29 is 17.2 Å². The molecule has 2 aromatic carbocycles. The van der Waals surface area contributed by atoms with Crippen molar-refractivity contribution in [2.75, 3.05) is 0 Å². The Bertz CT molecular complexity index is 1000. The van der Waals surface area contributed by atoms with Crippen LogP contribution in [0.1, 0.15) is 10.6 Å². The summed E-state index contributed by atoms with van der Waals surface area (Å²) in [5.74, 6) is -1.82. The molecule has 0 aliphatic carbocycles. The number of nitrogens with one attached hydrogen (secondary N) is 1. The van der Waals surface area contributed by atoms with E-state index in [2.05, 4.69) is 9.71 Å². The van der Waals surface area contributed by atoms with Crippen molar-refractivity contribution in [3.8, 4) is 10.6 Å². The van der Waals surface area contributed by atoms with Crippen molar-refractivity contribution in [2.24, 2.45) is 0 Å². The standard InChI is InChI=1S/C17H14F2N2O2S2/c1-11-15(24-17(21-11)12-5-3-2-4-6-12)10-20-25(22,23)16-9-13(18)7-8-14(16)19/h2-9,20H,10H2,1H3. The Kier molecular flexibility index (Phi) is 4.94. The molecule has 0 aliphatic heterocycles. The van der Waals surface area contributed by atoms with Gasteiger partial charge in [-0.2, -0.15) is 0 Å². The number of halogens is 2. The molecule has 0 spiro atoms. The lowest BCUT2D eigenvalue weighted by atomic mass is 10.2. The van der Waals surface area contributed by atoms with Gasteiger partial charge in [-0.3, -0.25) is 0 Å². The average Bonchev–Trinajstić information content (AvgIpc) is 2.97. The second-order valence-electron chi connectivity index (χ2n) is 5.29. The Morgan fingerprint density at radius 2 is 1.84 bits per heavy atom. The van der Waals surface area contributed by atoms with Crippen LogP contribution in [0, 0.1) is 18.6 Å². The summed E-state index contributed by atoms with van der Waals surface area (Å²) in [6.45, 7) is 1.73.